The monoisotopic (exact) mass is 341 g/mol. The number of imidazole rings is 1. The van der Waals surface area contributed by atoms with Gasteiger partial charge in [0.05, 0.1) is 25.7 Å². The van der Waals surface area contributed by atoms with Crippen LogP contribution in [0.15, 0.2) is 24.9 Å². The fourth-order valence-corrected chi connectivity index (χ4v) is 2.65. The number of nitrogens with zero attached hydrogens (tertiary/aromatic N) is 6. The van der Waals surface area contributed by atoms with Crippen molar-refractivity contribution >= 4 is 28.7 Å². The lowest BCUT2D eigenvalue weighted by molar-refractivity contribution is 0.0398. The third-order valence-corrected chi connectivity index (χ3v) is 3.91. The zero-order valence-electron chi connectivity index (χ0n) is 13.6. The minimum atomic E-state index is 0.425. The maximum absolute atomic E-state index is 5.37. The molecule has 1 aliphatic heterocycles. The number of hydrogen-bond acceptors (Lipinski definition) is 9. The molecule has 3 aromatic rings. The van der Waals surface area contributed by atoms with Crippen molar-refractivity contribution in [3.05, 3.63) is 24.9 Å². The Hall–Kier alpha value is -2.85. The van der Waals surface area contributed by atoms with Gasteiger partial charge in [0.1, 0.15) is 5.52 Å². The largest absolute Gasteiger partial charge is 0.379 e. The predicted octanol–water partition coefficient (Wildman–Crippen LogP) is 0.631. The van der Waals surface area contributed by atoms with E-state index in [9.17, 15) is 0 Å². The average Bonchev–Trinajstić information content (AvgIpc) is 3.12. The molecular formula is C15H19N9O. The SMILES string of the molecule is c1cnc(Nc2nc(NCCN3CCOCC3)c3[nH]cnc3n2)cn1. The summed E-state index contributed by atoms with van der Waals surface area (Å²) >= 11 is 0. The molecule has 0 radical (unpaired) electrons. The molecule has 0 saturated carbocycles. The number of morpholine rings is 1. The minimum absolute atomic E-state index is 0.425. The van der Waals surface area contributed by atoms with Crippen LogP contribution >= 0.6 is 0 Å². The van der Waals surface area contributed by atoms with Gasteiger partial charge in [-0.05, 0) is 0 Å². The quantitative estimate of drug-likeness (QED) is 0.593. The zero-order valence-corrected chi connectivity index (χ0v) is 13.6. The summed E-state index contributed by atoms with van der Waals surface area (Å²) in [5, 5.41) is 6.42. The Morgan fingerprint density at radius 2 is 2.08 bits per heavy atom. The van der Waals surface area contributed by atoms with E-state index in [1.807, 2.05) is 0 Å². The predicted molar refractivity (Wildman–Crippen MR) is 92.7 cm³/mol. The summed E-state index contributed by atoms with van der Waals surface area (Å²) in [6, 6.07) is 0. The second kappa shape index (κ2) is 7.36. The fourth-order valence-electron chi connectivity index (χ4n) is 2.65. The lowest BCUT2D eigenvalue weighted by Gasteiger charge is -2.26. The molecule has 10 nitrogen and oxygen atoms in total. The third-order valence-electron chi connectivity index (χ3n) is 3.91. The Morgan fingerprint density at radius 3 is 2.92 bits per heavy atom. The van der Waals surface area contributed by atoms with Crippen molar-refractivity contribution in [2.24, 2.45) is 0 Å². The Balaban J connectivity index is 1.48. The summed E-state index contributed by atoms with van der Waals surface area (Å²) in [4.78, 5) is 26.8. The van der Waals surface area contributed by atoms with Crippen molar-refractivity contribution in [3.63, 3.8) is 0 Å². The minimum Gasteiger partial charge on any atom is -0.379 e. The highest BCUT2D eigenvalue weighted by molar-refractivity contribution is 5.83. The van der Waals surface area contributed by atoms with Gasteiger partial charge >= 0.3 is 0 Å². The highest BCUT2D eigenvalue weighted by Gasteiger charge is 2.12. The lowest BCUT2D eigenvalue weighted by atomic mass is 10.4. The van der Waals surface area contributed by atoms with Crippen LogP contribution in [0.4, 0.5) is 17.6 Å². The second-order valence-corrected chi connectivity index (χ2v) is 5.59. The van der Waals surface area contributed by atoms with Crippen molar-refractivity contribution in [1.29, 1.82) is 0 Å². The Kier molecular flexibility index (Phi) is 4.61. The smallest absolute Gasteiger partial charge is 0.232 e. The first kappa shape index (κ1) is 15.7. The van der Waals surface area contributed by atoms with E-state index < -0.39 is 0 Å². The van der Waals surface area contributed by atoms with Crippen molar-refractivity contribution in [2.75, 3.05) is 50.0 Å². The third kappa shape index (κ3) is 3.80. The van der Waals surface area contributed by atoms with Crippen molar-refractivity contribution in [3.8, 4) is 0 Å². The van der Waals surface area contributed by atoms with Gasteiger partial charge in [-0.15, -0.1) is 0 Å². The van der Waals surface area contributed by atoms with Crippen LogP contribution in [0.1, 0.15) is 0 Å². The fraction of sp³-hybridized carbons (Fsp3) is 0.400. The number of aromatic amines is 1. The van der Waals surface area contributed by atoms with Crippen LogP contribution in [0.5, 0.6) is 0 Å². The Labute approximate surface area is 144 Å². The van der Waals surface area contributed by atoms with Crippen LogP contribution in [-0.4, -0.2) is 74.2 Å². The van der Waals surface area contributed by atoms with Gasteiger partial charge in [0.2, 0.25) is 5.95 Å². The number of rotatable bonds is 6. The van der Waals surface area contributed by atoms with E-state index in [4.69, 9.17) is 4.74 Å². The first-order chi connectivity index (χ1) is 12.4. The second-order valence-electron chi connectivity index (χ2n) is 5.59. The number of ether oxygens (including phenoxy) is 1. The molecule has 4 rings (SSSR count). The molecule has 10 heteroatoms. The molecule has 0 bridgehead atoms. The van der Waals surface area contributed by atoms with Crippen LogP contribution in [0.3, 0.4) is 0 Å². The summed E-state index contributed by atoms with van der Waals surface area (Å²) in [7, 11) is 0. The number of hydrogen-bond donors (Lipinski definition) is 3. The Bertz CT molecular complexity index is 816. The number of nitrogens with one attached hydrogen (secondary N) is 3. The molecule has 4 heterocycles. The van der Waals surface area contributed by atoms with Crippen molar-refractivity contribution < 1.29 is 4.74 Å². The lowest BCUT2D eigenvalue weighted by Crippen LogP contribution is -2.39. The molecule has 0 aromatic carbocycles. The summed E-state index contributed by atoms with van der Waals surface area (Å²) in [5.41, 5.74) is 1.38. The van der Waals surface area contributed by atoms with E-state index >= 15 is 0 Å². The van der Waals surface area contributed by atoms with E-state index in [0.717, 1.165) is 44.9 Å². The topological polar surface area (TPSA) is 117 Å². The highest BCUT2D eigenvalue weighted by atomic mass is 16.5. The maximum atomic E-state index is 5.37. The number of anilines is 3. The van der Waals surface area contributed by atoms with Crippen LogP contribution < -0.4 is 10.6 Å². The maximum Gasteiger partial charge on any atom is 0.232 e. The molecule has 3 N–H and O–H groups in total. The molecule has 25 heavy (non-hydrogen) atoms. The molecule has 3 aromatic heterocycles. The molecule has 0 unspecified atom stereocenters. The molecule has 0 atom stereocenters. The number of H-pyrrole nitrogens is 1. The molecule has 1 saturated heterocycles. The van der Waals surface area contributed by atoms with E-state index in [1.54, 1.807) is 24.9 Å². The highest BCUT2D eigenvalue weighted by Crippen LogP contribution is 2.20. The van der Waals surface area contributed by atoms with Gasteiger partial charge in [-0.3, -0.25) is 9.88 Å². The molecule has 1 fully saturated rings. The van der Waals surface area contributed by atoms with Crippen molar-refractivity contribution in [2.45, 2.75) is 0 Å². The standard InChI is InChI=1S/C15H19N9O/c1-2-17-11(9-16-1)21-15-22-13(12-14(23-15)20-10-19-12)18-3-4-24-5-7-25-8-6-24/h1-2,9-10H,3-8H2,(H3,17,18,19,20,21,22,23). The normalized spacial score (nSPS) is 15.4. The first-order valence-corrected chi connectivity index (χ1v) is 8.16. The molecule has 0 aliphatic carbocycles. The number of fused-ring (bicyclic) bond motifs is 1. The molecular weight excluding hydrogens is 322 g/mol. The summed E-state index contributed by atoms with van der Waals surface area (Å²) in [6.45, 7) is 5.22. The summed E-state index contributed by atoms with van der Waals surface area (Å²) < 4.78 is 5.37. The van der Waals surface area contributed by atoms with E-state index in [0.29, 0.717) is 23.2 Å². The Morgan fingerprint density at radius 1 is 1.16 bits per heavy atom. The van der Waals surface area contributed by atoms with Gasteiger partial charge in [0, 0.05) is 38.6 Å². The number of aromatic nitrogens is 6. The molecule has 0 amide bonds. The van der Waals surface area contributed by atoms with Crippen LogP contribution in [-0.2, 0) is 4.74 Å². The van der Waals surface area contributed by atoms with Crippen molar-refractivity contribution in [1.82, 2.24) is 34.8 Å². The average molecular weight is 341 g/mol. The zero-order chi connectivity index (χ0) is 16.9. The van der Waals surface area contributed by atoms with Gasteiger partial charge in [-0.2, -0.15) is 9.97 Å². The molecule has 0 spiro atoms. The van der Waals surface area contributed by atoms with E-state index in [2.05, 4.69) is 45.4 Å². The van der Waals surface area contributed by atoms with Gasteiger partial charge < -0.3 is 20.4 Å². The van der Waals surface area contributed by atoms with E-state index in [-0.39, 0.29) is 0 Å². The van der Waals surface area contributed by atoms with Gasteiger partial charge in [-0.25, -0.2) is 9.97 Å². The van der Waals surface area contributed by atoms with Gasteiger partial charge in [-0.1, -0.05) is 0 Å². The first-order valence-electron chi connectivity index (χ1n) is 8.16. The van der Waals surface area contributed by atoms with Gasteiger partial charge in [0.15, 0.2) is 17.3 Å². The van der Waals surface area contributed by atoms with Crippen LogP contribution in [0.25, 0.3) is 11.2 Å². The van der Waals surface area contributed by atoms with E-state index in [1.165, 1.54) is 0 Å². The van der Waals surface area contributed by atoms with Gasteiger partial charge in [0.25, 0.3) is 0 Å². The van der Waals surface area contributed by atoms with Crippen LogP contribution in [0.2, 0.25) is 0 Å². The molecule has 130 valence electrons. The summed E-state index contributed by atoms with van der Waals surface area (Å²) in [6.07, 6.45) is 6.45. The summed E-state index contributed by atoms with van der Waals surface area (Å²) in [5.74, 6) is 1.72. The molecule has 1 aliphatic rings. The van der Waals surface area contributed by atoms with Crippen LogP contribution in [0, 0.1) is 0 Å².